The highest BCUT2D eigenvalue weighted by Crippen LogP contribution is 2.34. The van der Waals surface area contributed by atoms with Crippen molar-refractivity contribution in [3.05, 3.63) is 83.8 Å². The largest absolute Gasteiger partial charge is 0.480 e. The lowest BCUT2D eigenvalue weighted by Gasteiger charge is -2.19. The Morgan fingerprint density at radius 3 is 2.67 bits per heavy atom. The zero-order chi connectivity index (χ0) is 25.4. The van der Waals surface area contributed by atoms with Gasteiger partial charge >= 0.3 is 6.18 Å². The molecule has 0 unspecified atom stereocenters. The highest BCUT2D eigenvalue weighted by atomic mass is 19.4. The molecule has 0 aliphatic heterocycles. The molecule has 0 saturated carbocycles. The summed E-state index contributed by atoms with van der Waals surface area (Å²) >= 11 is 0. The average Bonchev–Trinajstić information content (AvgIpc) is 3.54. The summed E-state index contributed by atoms with van der Waals surface area (Å²) in [5.74, 6) is 0.713. The number of ether oxygens (including phenoxy) is 1. The van der Waals surface area contributed by atoms with Gasteiger partial charge in [0.25, 0.3) is 0 Å². The number of alkyl halides is 3. The van der Waals surface area contributed by atoms with Gasteiger partial charge in [-0.25, -0.2) is 15.0 Å². The minimum Gasteiger partial charge on any atom is -0.480 e. The summed E-state index contributed by atoms with van der Waals surface area (Å²) in [6, 6.07) is 11.6. The van der Waals surface area contributed by atoms with E-state index in [0.717, 1.165) is 6.07 Å². The van der Waals surface area contributed by atoms with Crippen LogP contribution in [0.5, 0.6) is 5.88 Å². The van der Waals surface area contributed by atoms with Crippen LogP contribution in [0.3, 0.4) is 0 Å². The Morgan fingerprint density at radius 2 is 1.89 bits per heavy atom. The summed E-state index contributed by atoms with van der Waals surface area (Å²) in [7, 11) is 3.36. The van der Waals surface area contributed by atoms with E-state index in [4.69, 9.17) is 4.74 Å². The van der Waals surface area contributed by atoms with Crippen molar-refractivity contribution in [3.8, 4) is 17.4 Å². The number of fused-ring (bicyclic) bond motifs is 1. The predicted octanol–water partition coefficient (Wildman–Crippen LogP) is 5.37. The standard InChI is InChI=1S/C25H19F3N6O2/c1-34(20-8-5-9-29-24(20)36-2)21-11-17-19(13-31-21)33-23(32-17)18-10-14(12-30-18)22(35)15-6-3-4-7-16(15)25(26,27)28/h3-13,30H,1-2H3,(H,32,33). The number of methoxy groups -OCH3 is 1. The first-order valence-corrected chi connectivity index (χ1v) is 10.7. The van der Waals surface area contributed by atoms with Gasteiger partial charge in [-0.2, -0.15) is 13.2 Å². The fourth-order valence-electron chi connectivity index (χ4n) is 3.87. The molecule has 4 heterocycles. The molecule has 0 fully saturated rings. The molecule has 11 heteroatoms. The average molecular weight is 492 g/mol. The van der Waals surface area contributed by atoms with Crippen LogP contribution in [0.4, 0.5) is 24.7 Å². The SMILES string of the molecule is COc1ncccc1N(C)c1cc2nc(-c3cc(C(=O)c4ccccc4C(F)(F)F)c[nH]3)[nH]c2cn1. The number of carbonyl (C=O) groups is 1. The number of aromatic amines is 2. The molecule has 0 atom stereocenters. The molecule has 0 saturated heterocycles. The van der Waals surface area contributed by atoms with E-state index in [2.05, 4.69) is 24.9 Å². The van der Waals surface area contributed by atoms with Crippen LogP contribution in [-0.2, 0) is 6.18 Å². The molecule has 4 aromatic heterocycles. The third-order valence-electron chi connectivity index (χ3n) is 5.68. The lowest BCUT2D eigenvalue weighted by molar-refractivity contribution is -0.137. The maximum absolute atomic E-state index is 13.4. The van der Waals surface area contributed by atoms with Crippen LogP contribution in [0.15, 0.2) is 67.1 Å². The number of carbonyl (C=O) groups excluding carboxylic acids is 1. The van der Waals surface area contributed by atoms with E-state index in [1.54, 1.807) is 24.5 Å². The van der Waals surface area contributed by atoms with Crippen molar-refractivity contribution in [3.63, 3.8) is 0 Å². The summed E-state index contributed by atoms with van der Waals surface area (Å²) in [6.45, 7) is 0. The molecule has 0 spiro atoms. The third-order valence-corrected chi connectivity index (χ3v) is 5.68. The molecule has 0 amide bonds. The zero-order valence-electron chi connectivity index (χ0n) is 19.1. The number of rotatable bonds is 6. The Balaban J connectivity index is 1.45. The zero-order valence-corrected chi connectivity index (χ0v) is 19.1. The van der Waals surface area contributed by atoms with Crippen molar-refractivity contribution in [2.75, 3.05) is 19.1 Å². The van der Waals surface area contributed by atoms with Crippen molar-refractivity contribution in [2.24, 2.45) is 0 Å². The molecule has 36 heavy (non-hydrogen) atoms. The highest BCUT2D eigenvalue weighted by molar-refractivity contribution is 6.10. The van der Waals surface area contributed by atoms with Gasteiger partial charge in [0, 0.05) is 36.6 Å². The van der Waals surface area contributed by atoms with Gasteiger partial charge in [0.1, 0.15) is 11.5 Å². The van der Waals surface area contributed by atoms with E-state index in [-0.39, 0.29) is 5.56 Å². The minimum absolute atomic E-state index is 0.0874. The second-order valence-corrected chi connectivity index (χ2v) is 7.91. The monoisotopic (exact) mass is 492 g/mol. The Morgan fingerprint density at radius 1 is 1.08 bits per heavy atom. The molecule has 0 radical (unpaired) electrons. The van der Waals surface area contributed by atoms with Crippen LogP contribution < -0.4 is 9.64 Å². The molecule has 0 aliphatic carbocycles. The van der Waals surface area contributed by atoms with Crippen LogP contribution in [0, 0.1) is 0 Å². The van der Waals surface area contributed by atoms with Gasteiger partial charge in [0.05, 0.1) is 35.6 Å². The topological polar surface area (TPSA) is 99.8 Å². The molecule has 2 N–H and O–H groups in total. The van der Waals surface area contributed by atoms with Crippen LogP contribution in [-0.4, -0.2) is 44.9 Å². The fraction of sp³-hybridized carbons (Fsp3) is 0.120. The molecular weight excluding hydrogens is 473 g/mol. The second-order valence-electron chi connectivity index (χ2n) is 7.91. The van der Waals surface area contributed by atoms with Crippen molar-refractivity contribution < 1.29 is 22.7 Å². The maximum atomic E-state index is 13.4. The Bertz CT molecular complexity index is 1570. The van der Waals surface area contributed by atoms with Crippen LogP contribution in [0.2, 0.25) is 0 Å². The van der Waals surface area contributed by atoms with Gasteiger partial charge < -0.3 is 19.6 Å². The lowest BCUT2D eigenvalue weighted by atomic mass is 9.99. The van der Waals surface area contributed by atoms with Crippen molar-refractivity contribution in [1.82, 2.24) is 24.9 Å². The van der Waals surface area contributed by atoms with Gasteiger partial charge in [-0.05, 0) is 24.3 Å². The molecule has 0 bridgehead atoms. The maximum Gasteiger partial charge on any atom is 0.417 e. The normalized spacial score (nSPS) is 11.6. The molecular formula is C25H19F3N6O2. The number of H-pyrrole nitrogens is 2. The lowest BCUT2D eigenvalue weighted by Crippen LogP contribution is -2.13. The predicted molar refractivity (Wildman–Crippen MR) is 127 cm³/mol. The first kappa shape index (κ1) is 23.1. The second kappa shape index (κ2) is 8.84. The van der Waals surface area contributed by atoms with Gasteiger partial charge in [-0.15, -0.1) is 0 Å². The number of ketones is 1. The Hall–Kier alpha value is -4.67. The van der Waals surface area contributed by atoms with Crippen molar-refractivity contribution in [1.29, 1.82) is 0 Å². The van der Waals surface area contributed by atoms with Crippen molar-refractivity contribution >= 4 is 28.3 Å². The molecule has 1 aromatic carbocycles. The number of hydrogen-bond acceptors (Lipinski definition) is 6. The molecule has 182 valence electrons. The number of hydrogen-bond donors (Lipinski definition) is 2. The first-order valence-electron chi connectivity index (χ1n) is 10.7. The van der Waals surface area contributed by atoms with Gasteiger partial charge in [-0.3, -0.25) is 4.79 Å². The fourth-order valence-corrected chi connectivity index (χ4v) is 3.87. The van der Waals surface area contributed by atoms with E-state index in [1.807, 2.05) is 18.0 Å². The summed E-state index contributed by atoms with van der Waals surface area (Å²) in [6.07, 6.45) is -0.0229. The summed E-state index contributed by atoms with van der Waals surface area (Å²) in [4.78, 5) is 33.9. The number of aromatic nitrogens is 5. The van der Waals surface area contributed by atoms with E-state index in [1.165, 1.54) is 37.6 Å². The van der Waals surface area contributed by atoms with E-state index in [9.17, 15) is 18.0 Å². The smallest absolute Gasteiger partial charge is 0.417 e. The number of pyridine rings is 2. The number of nitrogens with one attached hydrogen (secondary N) is 2. The van der Waals surface area contributed by atoms with Crippen molar-refractivity contribution in [2.45, 2.75) is 6.18 Å². The Labute approximate surface area is 202 Å². The van der Waals surface area contributed by atoms with Gasteiger partial charge in [0.15, 0.2) is 11.6 Å². The van der Waals surface area contributed by atoms with Crippen LogP contribution in [0.1, 0.15) is 21.5 Å². The third kappa shape index (κ3) is 4.15. The van der Waals surface area contributed by atoms with Crippen LogP contribution in [0.25, 0.3) is 22.6 Å². The highest BCUT2D eigenvalue weighted by Gasteiger charge is 2.35. The molecule has 5 rings (SSSR count). The molecule has 5 aromatic rings. The Kier molecular flexibility index (Phi) is 5.67. The summed E-state index contributed by atoms with van der Waals surface area (Å²) < 4.78 is 45.4. The quantitative estimate of drug-likeness (QED) is 0.309. The number of halogens is 3. The van der Waals surface area contributed by atoms with E-state index in [0.29, 0.717) is 39.9 Å². The first-order chi connectivity index (χ1) is 17.3. The van der Waals surface area contributed by atoms with E-state index >= 15 is 0 Å². The van der Waals surface area contributed by atoms with Gasteiger partial charge in [-0.1, -0.05) is 18.2 Å². The number of nitrogens with zero attached hydrogens (tertiary/aromatic N) is 4. The number of imidazole rings is 1. The van der Waals surface area contributed by atoms with Gasteiger partial charge in [0.2, 0.25) is 5.88 Å². The van der Waals surface area contributed by atoms with E-state index < -0.39 is 23.1 Å². The van der Waals surface area contributed by atoms with Crippen LogP contribution >= 0.6 is 0 Å². The summed E-state index contributed by atoms with van der Waals surface area (Å²) in [5, 5.41) is 0. The molecule has 0 aliphatic rings. The number of anilines is 2. The summed E-state index contributed by atoms with van der Waals surface area (Å²) in [5.41, 5.74) is 1.11. The molecule has 8 nitrogen and oxygen atoms in total. The number of benzene rings is 1. The minimum atomic E-state index is -4.64.